The quantitative estimate of drug-likeness (QED) is 0.871. The summed E-state index contributed by atoms with van der Waals surface area (Å²) >= 11 is 1.80. The maximum Gasteiger partial charge on any atom is 0.0798 e. The van der Waals surface area contributed by atoms with E-state index < -0.39 is 0 Å². The number of hydrogen-bond acceptors (Lipinski definition) is 3. The summed E-state index contributed by atoms with van der Waals surface area (Å²) in [5.41, 5.74) is 3.18. The molecule has 16 heavy (non-hydrogen) atoms. The summed E-state index contributed by atoms with van der Waals surface area (Å²) in [4.78, 5) is 5.82. The van der Waals surface area contributed by atoms with Crippen LogP contribution in [0, 0.1) is 18.8 Å². The van der Waals surface area contributed by atoms with Crippen LogP contribution in [0.1, 0.15) is 49.2 Å². The van der Waals surface area contributed by atoms with Crippen LogP contribution in [0.5, 0.6) is 0 Å². The lowest BCUT2D eigenvalue weighted by atomic mass is 9.78. The smallest absolute Gasteiger partial charge is 0.0798 e. The summed E-state index contributed by atoms with van der Waals surface area (Å²) in [7, 11) is 2.09. The third-order valence-electron chi connectivity index (χ3n) is 3.91. The fourth-order valence-corrected chi connectivity index (χ4v) is 3.81. The Kier molecular flexibility index (Phi) is 3.98. The van der Waals surface area contributed by atoms with Crippen LogP contribution in [0.4, 0.5) is 0 Å². The fraction of sp³-hybridized carbons (Fsp3) is 0.769. The zero-order valence-electron chi connectivity index (χ0n) is 10.5. The molecule has 1 aliphatic rings. The van der Waals surface area contributed by atoms with Gasteiger partial charge in [0, 0.05) is 10.9 Å². The third-order valence-corrected chi connectivity index (χ3v) is 4.92. The maximum atomic E-state index is 4.37. The molecule has 1 unspecified atom stereocenters. The molecule has 0 aliphatic heterocycles. The van der Waals surface area contributed by atoms with Crippen molar-refractivity contribution in [3.8, 4) is 0 Å². The molecule has 1 saturated carbocycles. The second-order valence-corrected chi connectivity index (χ2v) is 5.97. The van der Waals surface area contributed by atoms with Crippen LogP contribution in [0.15, 0.2) is 5.51 Å². The van der Waals surface area contributed by atoms with Gasteiger partial charge in [0.1, 0.15) is 0 Å². The van der Waals surface area contributed by atoms with Crippen molar-refractivity contribution in [3.05, 3.63) is 16.1 Å². The highest BCUT2D eigenvalue weighted by molar-refractivity contribution is 7.09. The van der Waals surface area contributed by atoms with Gasteiger partial charge in [0.2, 0.25) is 0 Å². The largest absolute Gasteiger partial charge is 0.312 e. The normalized spacial score (nSPS) is 27.9. The van der Waals surface area contributed by atoms with Crippen molar-refractivity contribution in [3.63, 3.8) is 0 Å². The molecule has 0 radical (unpaired) electrons. The van der Waals surface area contributed by atoms with Gasteiger partial charge in [0.05, 0.1) is 11.2 Å². The second kappa shape index (κ2) is 5.28. The van der Waals surface area contributed by atoms with Crippen LogP contribution < -0.4 is 5.32 Å². The number of hydrogen-bond donors (Lipinski definition) is 1. The van der Waals surface area contributed by atoms with Crippen molar-refractivity contribution in [2.24, 2.45) is 11.8 Å². The van der Waals surface area contributed by atoms with Gasteiger partial charge >= 0.3 is 0 Å². The van der Waals surface area contributed by atoms with Gasteiger partial charge in [-0.25, -0.2) is 4.98 Å². The molecule has 0 bridgehead atoms. The molecule has 0 amide bonds. The fourth-order valence-electron chi connectivity index (χ4n) is 2.81. The van der Waals surface area contributed by atoms with E-state index in [1.165, 1.54) is 36.3 Å². The Morgan fingerprint density at radius 1 is 1.38 bits per heavy atom. The van der Waals surface area contributed by atoms with E-state index in [2.05, 4.69) is 31.2 Å². The SMILES string of the molecule is CNC(c1scnc1C)C1CCC(C)CC1. The Labute approximate surface area is 102 Å². The number of aryl methyl sites for hydroxylation is 1. The van der Waals surface area contributed by atoms with E-state index >= 15 is 0 Å². The van der Waals surface area contributed by atoms with Crippen molar-refractivity contribution in [1.29, 1.82) is 0 Å². The highest BCUT2D eigenvalue weighted by Gasteiger charge is 2.28. The molecule has 2 rings (SSSR count). The molecular formula is C13H22N2S. The number of rotatable bonds is 3. The lowest BCUT2D eigenvalue weighted by Gasteiger charge is -2.32. The highest BCUT2D eigenvalue weighted by atomic mass is 32.1. The summed E-state index contributed by atoms with van der Waals surface area (Å²) in [6, 6.07) is 0.528. The Hall–Kier alpha value is -0.410. The molecule has 3 heteroatoms. The van der Waals surface area contributed by atoms with Crippen molar-refractivity contribution < 1.29 is 0 Å². The van der Waals surface area contributed by atoms with Crippen LogP contribution in [-0.4, -0.2) is 12.0 Å². The van der Waals surface area contributed by atoms with Crippen LogP contribution >= 0.6 is 11.3 Å². The van der Waals surface area contributed by atoms with Gasteiger partial charge in [-0.15, -0.1) is 11.3 Å². The number of aromatic nitrogens is 1. The Bertz CT molecular complexity index is 326. The van der Waals surface area contributed by atoms with E-state index in [0.717, 1.165) is 11.8 Å². The minimum Gasteiger partial charge on any atom is -0.312 e. The summed E-state index contributed by atoms with van der Waals surface area (Å²) in [5, 5.41) is 3.50. The zero-order valence-corrected chi connectivity index (χ0v) is 11.3. The lowest BCUT2D eigenvalue weighted by molar-refractivity contribution is 0.239. The molecule has 1 aliphatic carbocycles. The first kappa shape index (κ1) is 12.1. The molecule has 0 aromatic carbocycles. The third kappa shape index (κ3) is 2.46. The van der Waals surface area contributed by atoms with Crippen molar-refractivity contribution >= 4 is 11.3 Å². The molecule has 1 aromatic rings. The summed E-state index contributed by atoms with van der Waals surface area (Å²) in [5.74, 6) is 1.73. The molecule has 90 valence electrons. The highest BCUT2D eigenvalue weighted by Crippen LogP contribution is 2.38. The Morgan fingerprint density at radius 3 is 2.56 bits per heavy atom. The second-order valence-electron chi connectivity index (χ2n) is 5.09. The monoisotopic (exact) mass is 238 g/mol. The van der Waals surface area contributed by atoms with E-state index in [1.807, 2.05) is 5.51 Å². The average molecular weight is 238 g/mol. The van der Waals surface area contributed by atoms with Crippen molar-refractivity contribution in [2.75, 3.05) is 7.05 Å². The first-order valence-corrected chi connectivity index (χ1v) is 7.17. The van der Waals surface area contributed by atoms with E-state index in [9.17, 15) is 0 Å². The topological polar surface area (TPSA) is 24.9 Å². The van der Waals surface area contributed by atoms with Gasteiger partial charge in [0.25, 0.3) is 0 Å². The molecular weight excluding hydrogens is 216 g/mol. The summed E-state index contributed by atoms with van der Waals surface area (Å²) in [6.45, 7) is 4.50. The first-order valence-electron chi connectivity index (χ1n) is 6.29. The number of nitrogens with zero attached hydrogens (tertiary/aromatic N) is 1. The average Bonchev–Trinajstić information content (AvgIpc) is 2.69. The summed E-state index contributed by atoms with van der Waals surface area (Å²) < 4.78 is 0. The number of thiazole rings is 1. The molecule has 0 saturated heterocycles. The van der Waals surface area contributed by atoms with E-state index in [4.69, 9.17) is 0 Å². The maximum absolute atomic E-state index is 4.37. The molecule has 2 nitrogen and oxygen atoms in total. The minimum atomic E-state index is 0.528. The van der Waals surface area contributed by atoms with Crippen molar-refractivity contribution in [1.82, 2.24) is 10.3 Å². The number of nitrogens with one attached hydrogen (secondary N) is 1. The first-order chi connectivity index (χ1) is 7.72. The molecule has 0 spiro atoms. The van der Waals surface area contributed by atoms with Crippen LogP contribution in [0.2, 0.25) is 0 Å². The molecule has 1 aromatic heterocycles. The molecule has 1 N–H and O–H groups in total. The van der Waals surface area contributed by atoms with Crippen molar-refractivity contribution in [2.45, 2.75) is 45.6 Å². The van der Waals surface area contributed by atoms with Crippen LogP contribution in [-0.2, 0) is 0 Å². The Morgan fingerprint density at radius 2 is 2.06 bits per heavy atom. The van der Waals surface area contributed by atoms with Gasteiger partial charge in [-0.3, -0.25) is 0 Å². The predicted molar refractivity (Wildman–Crippen MR) is 69.8 cm³/mol. The predicted octanol–water partition coefficient (Wildman–Crippen LogP) is 3.54. The van der Waals surface area contributed by atoms with Gasteiger partial charge in [-0.2, -0.15) is 0 Å². The van der Waals surface area contributed by atoms with Gasteiger partial charge in [-0.05, 0) is 38.6 Å². The molecule has 1 fully saturated rings. The molecule has 1 atom stereocenters. The Balaban J connectivity index is 2.08. The van der Waals surface area contributed by atoms with E-state index in [-0.39, 0.29) is 0 Å². The summed E-state index contributed by atoms with van der Waals surface area (Å²) in [6.07, 6.45) is 5.51. The van der Waals surface area contributed by atoms with E-state index in [1.54, 1.807) is 11.3 Å². The van der Waals surface area contributed by atoms with Gasteiger partial charge in [-0.1, -0.05) is 19.8 Å². The van der Waals surface area contributed by atoms with Crippen LogP contribution in [0.25, 0.3) is 0 Å². The van der Waals surface area contributed by atoms with Gasteiger partial charge < -0.3 is 5.32 Å². The zero-order chi connectivity index (χ0) is 11.5. The lowest BCUT2D eigenvalue weighted by Crippen LogP contribution is -2.28. The van der Waals surface area contributed by atoms with E-state index in [0.29, 0.717) is 6.04 Å². The standard InChI is InChI=1S/C13H22N2S/c1-9-4-6-11(7-5-9)12(14-3)13-10(2)15-8-16-13/h8-9,11-12,14H,4-7H2,1-3H3. The van der Waals surface area contributed by atoms with Crippen LogP contribution in [0.3, 0.4) is 0 Å². The van der Waals surface area contributed by atoms with Gasteiger partial charge in [0.15, 0.2) is 0 Å². The molecule has 1 heterocycles. The minimum absolute atomic E-state index is 0.528.